The van der Waals surface area contributed by atoms with Gasteiger partial charge in [0.15, 0.2) is 11.9 Å². The van der Waals surface area contributed by atoms with Gasteiger partial charge in [-0.3, -0.25) is 0 Å². The molecule has 0 aliphatic rings. The molecule has 0 amide bonds. The highest BCUT2D eigenvalue weighted by atomic mass is 31.2. The van der Waals surface area contributed by atoms with Gasteiger partial charge in [0.25, 0.3) is 0 Å². The Morgan fingerprint density at radius 2 is 1.36 bits per heavy atom. The molecule has 1 unspecified atom stereocenters. The van der Waals surface area contributed by atoms with Crippen molar-refractivity contribution in [3.05, 3.63) is 78.9 Å². The van der Waals surface area contributed by atoms with Crippen molar-refractivity contribution >= 4 is 30.9 Å². The zero-order valence-corrected chi connectivity index (χ0v) is 17.7. The normalized spacial score (nSPS) is 11.7. The highest BCUT2D eigenvalue weighted by Gasteiger charge is 2.34. The molecule has 3 rings (SSSR count). The molecule has 0 N–H and O–H groups in total. The molecule has 0 saturated carbocycles. The average Bonchev–Trinajstić information content (AvgIpc) is 2.77. The van der Waals surface area contributed by atoms with Crippen LogP contribution < -0.4 is 25.4 Å². The second-order valence-electron chi connectivity index (χ2n) is 6.25. The van der Waals surface area contributed by atoms with Gasteiger partial charge in [0.2, 0.25) is 11.1 Å². The van der Waals surface area contributed by atoms with E-state index in [4.69, 9.17) is 9.47 Å². The fraction of sp³-hybridized carbons (Fsp3) is 0.182. The molecule has 0 aromatic heterocycles. The third-order valence-electron chi connectivity index (χ3n) is 4.62. The van der Waals surface area contributed by atoms with Crippen LogP contribution in [0.4, 0.5) is 0 Å². The van der Waals surface area contributed by atoms with E-state index in [1.807, 2.05) is 60.7 Å². The van der Waals surface area contributed by atoms with E-state index >= 15 is 0 Å². The molecule has 0 spiro atoms. The molecule has 0 saturated heterocycles. The lowest BCUT2D eigenvalue weighted by Gasteiger charge is -2.17. The average molecular weight is 413 g/mol. The van der Waals surface area contributed by atoms with Crippen LogP contribution in [0.5, 0.6) is 11.5 Å². The standard InChI is InChI=1S/C22H23O4P2/c1-25-20-14-9-15-21(22(20)26-2)27(23)16-17-28(24,18-10-5-3-6-11-18)19-12-7-4-8-13-19/h3-15H,16-17H2,1-2H3/q+1. The predicted molar refractivity (Wildman–Crippen MR) is 116 cm³/mol. The molecular formula is C22H23O4P2+. The van der Waals surface area contributed by atoms with Gasteiger partial charge in [-0.15, -0.1) is 0 Å². The first-order chi connectivity index (χ1) is 13.6. The lowest BCUT2D eigenvalue weighted by Crippen LogP contribution is -2.20. The van der Waals surface area contributed by atoms with E-state index in [1.54, 1.807) is 25.3 Å². The van der Waals surface area contributed by atoms with Crippen molar-refractivity contribution in [1.29, 1.82) is 0 Å². The van der Waals surface area contributed by atoms with E-state index in [-0.39, 0.29) is 0 Å². The quantitative estimate of drug-likeness (QED) is 0.520. The van der Waals surface area contributed by atoms with Crippen LogP contribution in [0.3, 0.4) is 0 Å². The Balaban J connectivity index is 1.92. The fourth-order valence-electron chi connectivity index (χ4n) is 3.16. The molecule has 6 heteroatoms. The molecule has 28 heavy (non-hydrogen) atoms. The van der Waals surface area contributed by atoms with Gasteiger partial charge in [-0.1, -0.05) is 71.3 Å². The Morgan fingerprint density at radius 1 is 0.786 bits per heavy atom. The Kier molecular flexibility index (Phi) is 6.67. The van der Waals surface area contributed by atoms with Gasteiger partial charge in [0, 0.05) is 10.6 Å². The molecule has 0 fully saturated rings. The zero-order chi connectivity index (χ0) is 20.0. The number of rotatable bonds is 8. The Bertz CT molecular complexity index is 944. The third kappa shape index (κ3) is 4.19. The second kappa shape index (κ2) is 9.19. The zero-order valence-electron chi connectivity index (χ0n) is 15.9. The third-order valence-corrected chi connectivity index (χ3v) is 9.61. The summed E-state index contributed by atoms with van der Waals surface area (Å²) in [5.41, 5.74) is 0. The molecule has 3 aromatic rings. The van der Waals surface area contributed by atoms with Gasteiger partial charge in [-0.05, 0) is 12.1 Å². The number of hydrogen-bond donors (Lipinski definition) is 0. The highest BCUT2D eigenvalue weighted by molar-refractivity contribution is 7.79. The van der Waals surface area contributed by atoms with Crippen LogP contribution in [0.15, 0.2) is 78.9 Å². The first-order valence-corrected chi connectivity index (χ1v) is 12.3. The summed E-state index contributed by atoms with van der Waals surface area (Å²) in [5.74, 6) is 1.01. The van der Waals surface area contributed by atoms with Crippen LogP contribution in [-0.2, 0) is 9.13 Å². The first-order valence-electron chi connectivity index (χ1n) is 8.96. The highest BCUT2D eigenvalue weighted by Crippen LogP contribution is 2.45. The van der Waals surface area contributed by atoms with Crippen molar-refractivity contribution < 1.29 is 18.6 Å². The number of benzene rings is 3. The van der Waals surface area contributed by atoms with Crippen molar-refractivity contribution in [2.24, 2.45) is 0 Å². The van der Waals surface area contributed by atoms with Gasteiger partial charge >= 0.3 is 7.80 Å². The van der Waals surface area contributed by atoms with Crippen molar-refractivity contribution in [3.8, 4) is 11.5 Å². The van der Waals surface area contributed by atoms with E-state index < -0.39 is 14.9 Å². The van der Waals surface area contributed by atoms with Gasteiger partial charge in [0.1, 0.15) is 7.14 Å². The van der Waals surface area contributed by atoms with Crippen molar-refractivity contribution in [2.75, 3.05) is 26.5 Å². The summed E-state index contributed by atoms with van der Waals surface area (Å²) in [6.45, 7) is 0. The van der Waals surface area contributed by atoms with Gasteiger partial charge < -0.3 is 14.0 Å². The number of para-hydroxylation sites is 1. The lowest BCUT2D eigenvalue weighted by molar-refractivity contribution is 0.357. The van der Waals surface area contributed by atoms with Crippen LogP contribution in [-0.4, -0.2) is 26.5 Å². The van der Waals surface area contributed by atoms with Crippen LogP contribution in [0.25, 0.3) is 0 Å². The predicted octanol–water partition coefficient (Wildman–Crippen LogP) is 4.17. The molecule has 0 radical (unpaired) electrons. The molecule has 0 aliphatic heterocycles. The number of ether oxygens (including phenoxy) is 2. The topological polar surface area (TPSA) is 52.6 Å². The van der Waals surface area contributed by atoms with Crippen LogP contribution in [0.2, 0.25) is 0 Å². The molecule has 0 aliphatic carbocycles. The van der Waals surface area contributed by atoms with Crippen LogP contribution in [0, 0.1) is 0 Å². The molecule has 0 bridgehead atoms. The smallest absolute Gasteiger partial charge is 0.381 e. The van der Waals surface area contributed by atoms with Gasteiger partial charge in [0.05, 0.1) is 20.4 Å². The summed E-state index contributed by atoms with van der Waals surface area (Å²) >= 11 is 0. The molecule has 3 aromatic carbocycles. The largest absolute Gasteiger partial charge is 0.493 e. The Labute approximate surface area is 166 Å². The SMILES string of the molecule is COc1cccc([P+](=O)CCP(=O)(c2ccccc2)c2ccccc2)c1OC. The minimum absolute atomic E-state index is 0.292. The van der Waals surface area contributed by atoms with Crippen molar-refractivity contribution in [2.45, 2.75) is 0 Å². The second-order valence-corrected chi connectivity index (χ2v) is 10.9. The number of hydrogen-bond acceptors (Lipinski definition) is 4. The maximum atomic E-state index is 14.0. The summed E-state index contributed by atoms with van der Waals surface area (Å²) in [7, 11) is -1.61. The summed E-state index contributed by atoms with van der Waals surface area (Å²) in [6.07, 6.45) is 0.608. The van der Waals surface area contributed by atoms with Gasteiger partial charge in [-0.25, -0.2) is 0 Å². The molecule has 0 heterocycles. The molecule has 144 valence electrons. The van der Waals surface area contributed by atoms with Crippen LogP contribution in [0.1, 0.15) is 0 Å². The van der Waals surface area contributed by atoms with E-state index in [9.17, 15) is 9.13 Å². The van der Waals surface area contributed by atoms with Crippen molar-refractivity contribution in [3.63, 3.8) is 0 Å². The Hall–Kier alpha value is -2.41. The molecule has 4 nitrogen and oxygen atoms in total. The first kappa shape index (κ1) is 20.3. The maximum Gasteiger partial charge on any atom is 0.381 e. The van der Waals surface area contributed by atoms with E-state index in [1.165, 1.54) is 7.11 Å². The Morgan fingerprint density at radius 3 is 1.86 bits per heavy atom. The molecule has 1 atom stereocenters. The number of methoxy groups -OCH3 is 2. The monoisotopic (exact) mass is 413 g/mol. The van der Waals surface area contributed by atoms with E-state index in [0.29, 0.717) is 29.1 Å². The minimum atomic E-state index is -2.90. The van der Waals surface area contributed by atoms with Gasteiger partial charge in [-0.2, -0.15) is 0 Å². The van der Waals surface area contributed by atoms with Crippen LogP contribution >= 0.6 is 14.9 Å². The molecular weight excluding hydrogens is 390 g/mol. The van der Waals surface area contributed by atoms with E-state index in [2.05, 4.69) is 0 Å². The summed E-state index contributed by atoms with van der Waals surface area (Å²) in [5, 5.41) is 2.15. The van der Waals surface area contributed by atoms with Crippen molar-refractivity contribution in [1.82, 2.24) is 0 Å². The fourth-order valence-corrected chi connectivity index (χ4v) is 8.06. The van der Waals surface area contributed by atoms with E-state index in [0.717, 1.165) is 10.6 Å². The lowest BCUT2D eigenvalue weighted by atomic mass is 10.3. The summed E-state index contributed by atoms with van der Waals surface area (Å²) in [4.78, 5) is 0. The summed E-state index contributed by atoms with van der Waals surface area (Å²) in [6, 6.07) is 24.2. The minimum Gasteiger partial charge on any atom is -0.493 e. The maximum absolute atomic E-state index is 14.0. The summed E-state index contributed by atoms with van der Waals surface area (Å²) < 4.78 is 37.9.